The van der Waals surface area contributed by atoms with Gasteiger partial charge in [0.2, 0.25) is 5.78 Å². The Balaban J connectivity index is 1.92. The topological polar surface area (TPSA) is 26.3 Å². The molecule has 2 nitrogen and oxygen atoms in total. The van der Waals surface area contributed by atoms with Crippen LogP contribution in [0.4, 0.5) is 0 Å². The molecule has 3 rings (SSSR count). The molecule has 0 aromatic heterocycles. The van der Waals surface area contributed by atoms with Crippen LogP contribution in [0.1, 0.15) is 21.5 Å². The summed E-state index contributed by atoms with van der Waals surface area (Å²) in [6.45, 7) is 1.97. The summed E-state index contributed by atoms with van der Waals surface area (Å²) < 4.78 is 5.64. The Bertz CT molecular complexity index is 699. The van der Waals surface area contributed by atoms with E-state index >= 15 is 0 Å². The van der Waals surface area contributed by atoms with Crippen LogP contribution in [0.2, 0.25) is 0 Å². The molecule has 20 heavy (non-hydrogen) atoms. The fourth-order valence-electron chi connectivity index (χ4n) is 2.15. The zero-order valence-corrected chi connectivity index (χ0v) is 12.2. The molecule has 0 bridgehead atoms. The van der Waals surface area contributed by atoms with Crippen LogP contribution in [0.15, 0.2) is 53.1 Å². The molecule has 1 aliphatic rings. The van der Waals surface area contributed by atoms with E-state index < -0.39 is 0 Å². The summed E-state index contributed by atoms with van der Waals surface area (Å²) in [5.74, 6) is 0.993. The van der Waals surface area contributed by atoms with Crippen LogP contribution in [-0.2, 0) is 0 Å². The molecule has 0 N–H and O–H groups in total. The molecule has 0 unspecified atom stereocenters. The van der Waals surface area contributed by atoms with Crippen molar-refractivity contribution in [2.24, 2.45) is 0 Å². The van der Waals surface area contributed by atoms with Gasteiger partial charge in [-0.05, 0) is 49.1 Å². The number of ether oxygens (including phenoxy) is 1. The molecule has 2 aromatic rings. The second kappa shape index (κ2) is 5.17. The lowest BCUT2D eigenvalue weighted by Gasteiger charge is -2.00. The number of ketones is 1. The Labute approximate surface area is 122 Å². The number of carbonyl (C=O) groups is 1. The first-order chi connectivity index (χ1) is 9.67. The van der Waals surface area contributed by atoms with Crippen LogP contribution in [0.5, 0.6) is 5.75 Å². The molecular formula is C17H14O2S. The third-order valence-electron chi connectivity index (χ3n) is 3.24. The number of benzene rings is 2. The number of Topliss-reactive ketones (excluding diaryl/α,β-unsaturated/α-hetero) is 1. The summed E-state index contributed by atoms with van der Waals surface area (Å²) >= 11 is 1.69. The number of hydrogen-bond donors (Lipinski definition) is 0. The molecule has 1 heterocycles. The van der Waals surface area contributed by atoms with Crippen molar-refractivity contribution in [3.8, 4) is 5.75 Å². The van der Waals surface area contributed by atoms with Gasteiger partial charge in [0.05, 0.1) is 5.56 Å². The lowest BCUT2D eigenvalue weighted by Crippen LogP contribution is -1.98. The van der Waals surface area contributed by atoms with Crippen molar-refractivity contribution in [3.05, 3.63) is 64.9 Å². The quantitative estimate of drug-likeness (QED) is 0.605. The summed E-state index contributed by atoms with van der Waals surface area (Å²) in [6, 6.07) is 13.7. The molecule has 0 fully saturated rings. The molecule has 0 atom stereocenters. The normalized spacial score (nSPS) is 15.3. The van der Waals surface area contributed by atoms with Crippen molar-refractivity contribution in [3.63, 3.8) is 0 Å². The van der Waals surface area contributed by atoms with Crippen molar-refractivity contribution in [2.45, 2.75) is 11.8 Å². The van der Waals surface area contributed by atoms with Crippen LogP contribution in [0, 0.1) is 6.92 Å². The van der Waals surface area contributed by atoms with Crippen LogP contribution in [-0.4, -0.2) is 12.0 Å². The van der Waals surface area contributed by atoms with Crippen LogP contribution >= 0.6 is 11.8 Å². The highest BCUT2D eigenvalue weighted by Crippen LogP contribution is 2.32. The third-order valence-corrected chi connectivity index (χ3v) is 3.98. The molecule has 0 aliphatic carbocycles. The molecule has 100 valence electrons. The Morgan fingerprint density at radius 3 is 2.55 bits per heavy atom. The van der Waals surface area contributed by atoms with Gasteiger partial charge < -0.3 is 4.74 Å². The van der Waals surface area contributed by atoms with Gasteiger partial charge in [-0.3, -0.25) is 4.79 Å². The van der Waals surface area contributed by atoms with Gasteiger partial charge in [-0.2, -0.15) is 0 Å². The van der Waals surface area contributed by atoms with E-state index in [-0.39, 0.29) is 5.78 Å². The average Bonchev–Trinajstić information content (AvgIpc) is 2.76. The van der Waals surface area contributed by atoms with Crippen molar-refractivity contribution in [1.82, 2.24) is 0 Å². The van der Waals surface area contributed by atoms with Crippen molar-refractivity contribution < 1.29 is 9.53 Å². The highest BCUT2D eigenvalue weighted by Gasteiger charge is 2.26. The van der Waals surface area contributed by atoms with Gasteiger partial charge in [0.25, 0.3) is 0 Å². The summed E-state index contributed by atoms with van der Waals surface area (Å²) in [5.41, 5.74) is 2.68. The Morgan fingerprint density at radius 1 is 1.10 bits per heavy atom. The van der Waals surface area contributed by atoms with Crippen molar-refractivity contribution >= 4 is 23.6 Å². The SMILES string of the molecule is CSc1ccc(/C=C2\Oc3ccc(C)cc3C2=O)cc1. The number of carbonyl (C=O) groups excluding carboxylic acids is 1. The molecular weight excluding hydrogens is 268 g/mol. The maximum absolute atomic E-state index is 12.3. The number of aryl methyl sites for hydroxylation is 1. The van der Waals surface area contributed by atoms with Crippen LogP contribution in [0.3, 0.4) is 0 Å². The Morgan fingerprint density at radius 2 is 1.85 bits per heavy atom. The van der Waals surface area contributed by atoms with Crippen molar-refractivity contribution in [2.75, 3.05) is 6.26 Å². The molecule has 1 aliphatic heterocycles. The van der Waals surface area contributed by atoms with Crippen LogP contribution < -0.4 is 4.74 Å². The maximum Gasteiger partial charge on any atom is 0.231 e. The first-order valence-electron chi connectivity index (χ1n) is 6.36. The van der Waals surface area contributed by atoms with E-state index in [4.69, 9.17) is 4.74 Å². The van der Waals surface area contributed by atoms with E-state index in [1.807, 2.05) is 55.6 Å². The average molecular weight is 282 g/mol. The number of hydrogen-bond acceptors (Lipinski definition) is 3. The number of rotatable bonds is 2. The number of thioether (sulfide) groups is 1. The second-order valence-electron chi connectivity index (χ2n) is 4.71. The number of fused-ring (bicyclic) bond motifs is 1. The first-order valence-corrected chi connectivity index (χ1v) is 7.59. The summed E-state index contributed by atoms with van der Waals surface area (Å²) in [7, 11) is 0. The van der Waals surface area contributed by atoms with Gasteiger partial charge in [0.15, 0.2) is 5.76 Å². The molecule has 0 amide bonds. The lowest BCUT2D eigenvalue weighted by molar-refractivity contribution is 0.101. The van der Waals surface area contributed by atoms with Crippen molar-refractivity contribution in [1.29, 1.82) is 0 Å². The van der Waals surface area contributed by atoms with E-state index in [0.717, 1.165) is 11.1 Å². The molecule has 0 spiro atoms. The minimum atomic E-state index is -0.0438. The molecule has 0 saturated heterocycles. The number of allylic oxidation sites excluding steroid dienone is 1. The smallest absolute Gasteiger partial charge is 0.231 e. The van der Waals surface area contributed by atoms with E-state index in [0.29, 0.717) is 17.1 Å². The minimum absolute atomic E-state index is 0.0438. The van der Waals surface area contributed by atoms with Gasteiger partial charge in [0, 0.05) is 4.90 Å². The summed E-state index contributed by atoms with van der Waals surface area (Å²) in [6.07, 6.45) is 3.83. The standard InChI is InChI=1S/C17H14O2S/c1-11-3-8-15-14(9-11)17(18)16(19-15)10-12-4-6-13(20-2)7-5-12/h3-10H,1-2H3/b16-10-. The minimum Gasteiger partial charge on any atom is -0.452 e. The second-order valence-corrected chi connectivity index (χ2v) is 5.59. The Hall–Kier alpha value is -2.00. The van der Waals surface area contributed by atoms with Gasteiger partial charge in [-0.25, -0.2) is 0 Å². The van der Waals surface area contributed by atoms with Gasteiger partial charge in [-0.1, -0.05) is 23.8 Å². The highest BCUT2D eigenvalue weighted by molar-refractivity contribution is 7.98. The lowest BCUT2D eigenvalue weighted by atomic mass is 10.1. The zero-order valence-electron chi connectivity index (χ0n) is 11.3. The summed E-state index contributed by atoms with van der Waals surface area (Å²) in [5, 5.41) is 0. The third kappa shape index (κ3) is 2.37. The van der Waals surface area contributed by atoms with Gasteiger partial charge in [-0.15, -0.1) is 11.8 Å². The predicted molar refractivity (Wildman–Crippen MR) is 82.3 cm³/mol. The van der Waals surface area contributed by atoms with Crippen LogP contribution in [0.25, 0.3) is 6.08 Å². The van der Waals surface area contributed by atoms with Gasteiger partial charge in [0.1, 0.15) is 5.75 Å². The predicted octanol–water partition coefficient (Wildman–Crippen LogP) is 4.33. The highest BCUT2D eigenvalue weighted by atomic mass is 32.2. The van der Waals surface area contributed by atoms with E-state index in [9.17, 15) is 4.79 Å². The van der Waals surface area contributed by atoms with Gasteiger partial charge >= 0.3 is 0 Å². The summed E-state index contributed by atoms with van der Waals surface area (Å²) in [4.78, 5) is 13.5. The Kier molecular flexibility index (Phi) is 3.36. The fourth-order valence-corrected chi connectivity index (χ4v) is 2.56. The van der Waals surface area contributed by atoms with E-state index in [1.165, 1.54) is 4.90 Å². The first kappa shape index (κ1) is 13.0. The fraction of sp³-hybridized carbons (Fsp3) is 0.118. The molecule has 0 radical (unpaired) electrons. The van der Waals surface area contributed by atoms with E-state index in [2.05, 4.69) is 0 Å². The monoisotopic (exact) mass is 282 g/mol. The maximum atomic E-state index is 12.3. The molecule has 3 heteroatoms. The molecule has 0 saturated carbocycles. The zero-order chi connectivity index (χ0) is 14.1. The largest absolute Gasteiger partial charge is 0.452 e. The molecule has 2 aromatic carbocycles. The van der Waals surface area contributed by atoms with E-state index in [1.54, 1.807) is 17.8 Å².